The van der Waals surface area contributed by atoms with E-state index in [0.717, 1.165) is 59.4 Å². The number of carbonyl (C=O) groups is 3. The van der Waals surface area contributed by atoms with Crippen LogP contribution in [0.15, 0.2) is 66.9 Å². The van der Waals surface area contributed by atoms with Gasteiger partial charge in [-0.25, -0.2) is 19.6 Å². The number of carbonyl (C=O) groups excluding carboxylic acids is 3. The van der Waals surface area contributed by atoms with E-state index in [4.69, 9.17) is 24.2 Å². The van der Waals surface area contributed by atoms with Gasteiger partial charge in [-0.15, -0.1) is 0 Å². The second-order valence-corrected chi connectivity index (χ2v) is 17.3. The van der Waals surface area contributed by atoms with Crippen molar-refractivity contribution in [2.45, 2.75) is 90.3 Å². The predicted molar refractivity (Wildman–Crippen MR) is 215 cm³/mol. The Balaban J connectivity index is 1.04. The second kappa shape index (κ2) is 14.7. The van der Waals surface area contributed by atoms with Crippen LogP contribution in [0.4, 0.5) is 9.59 Å². The lowest BCUT2D eigenvalue weighted by atomic mass is 10.1. The topological polar surface area (TPSA) is 133 Å². The van der Waals surface area contributed by atoms with Crippen LogP contribution in [0.1, 0.15) is 68.8 Å². The number of alkyl carbamates (subject to hydrolysis) is 1. The predicted octanol–water partition coefficient (Wildman–Crippen LogP) is 7.26. The number of pyridine rings is 1. The van der Waals surface area contributed by atoms with Gasteiger partial charge in [-0.2, -0.15) is 0 Å². The number of hydrogen-bond acceptors (Lipinski definition) is 8. The molecule has 4 fully saturated rings. The maximum absolute atomic E-state index is 14.4. The minimum Gasteiger partial charge on any atom is -0.494 e. The van der Waals surface area contributed by atoms with Crippen LogP contribution in [-0.4, -0.2) is 91.4 Å². The number of likely N-dealkylation sites (tertiary alicyclic amines) is 2. The van der Waals surface area contributed by atoms with Crippen LogP contribution in [0, 0.1) is 17.8 Å². The first kappa shape index (κ1) is 37.0. The summed E-state index contributed by atoms with van der Waals surface area (Å²) in [6.07, 6.45) is 6.00. The fraction of sp³-hybridized carbons (Fsp3) is 0.477. The lowest BCUT2D eigenvalue weighted by Crippen LogP contribution is -2.46. The molecule has 13 nitrogen and oxygen atoms in total. The normalized spacial score (nSPS) is 21.8. The number of hydrogen-bond donors (Lipinski definition) is 1. The van der Waals surface area contributed by atoms with E-state index in [-0.39, 0.29) is 42.5 Å². The van der Waals surface area contributed by atoms with Gasteiger partial charge in [0.1, 0.15) is 29.1 Å². The molecule has 2 aliphatic heterocycles. The SMILES string of the molecule is COc1cc(C(=O)N2C[C@H]3CC[C@@H]2[C@@H]3NC(=O)OC(C)(C)C)cc2nc(-c3cc4cccnc4n3CC3CC3)n(C[C@H]3CCN(C(=O)OCc4ccccc4)C3)c12. The smallest absolute Gasteiger partial charge is 0.410 e. The van der Waals surface area contributed by atoms with E-state index >= 15 is 0 Å². The molecule has 4 aliphatic rings. The molecule has 1 N–H and O–H groups in total. The summed E-state index contributed by atoms with van der Waals surface area (Å²) in [5.74, 6) is 2.10. The molecular formula is C44H51N7O6. The van der Waals surface area contributed by atoms with Crippen molar-refractivity contribution in [1.82, 2.24) is 34.2 Å². The van der Waals surface area contributed by atoms with E-state index in [1.165, 1.54) is 12.8 Å². The summed E-state index contributed by atoms with van der Waals surface area (Å²) < 4.78 is 21.9. The molecule has 0 radical (unpaired) electrons. The lowest BCUT2D eigenvalue weighted by molar-refractivity contribution is 0.0485. The molecule has 9 rings (SSSR count). The van der Waals surface area contributed by atoms with Crippen molar-refractivity contribution in [1.29, 1.82) is 0 Å². The number of benzene rings is 2. The molecule has 298 valence electrons. The number of ether oxygens (including phenoxy) is 3. The third-order valence-electron chi connectivity index (χ3n) is 12.0. The molecular weight excluding hydrogens is 723 g/mol. The molecule has 13 heteroatoms. The van der Waals surface area contributed by atoms with E-state index in [1.807, 2.05) is 80.4 Å². The Bertz CT molecular complexity index is 2330. The van der Waals surface area contributed by atoms with E-state index in [2.05, 4.69) is 26.6 Å². The average molecular weight is 774 g/mol. The second-order valence-electron chi connectivity index (χ2n) is 17.3. The molecule has 3 aromatic heterocycles. The van der Waals surface area contributed by atoms with Gasteiger partial charge in [0.2, 0.25) is 0 Å². The molecule has 2 aromatic carbocycles. The number of nitrogens with zero attached hydrogens (tertiary/aromatic N) is 6. The first-order valence-corrected chi connectivity index (χ1v) is 20.3. The van der Waals surface area contributed by atoms with Crippen LogP contribution in [0.3, 0.4) is 0 Å². The van der Waals surface area contributed by atoms with Gasteiger partial charge in [0, 0.05) is 49.9 Å². The highest BCUT2D eigenvalue weighted by molar-refractivity contribution is 6.00. The Labute approximate surface area is 332 Å². The lowest BCUT2D eigenvalue weighted by Gasteiger charge is -2.28. The third kappa shape index (κ3) is 7.39. The number of amides is 3. The van der Waals surface area contributed by atoms with Crippen molar-refractivity contribution in [3.8, 4) is 17.3 Å². The molecule has 5 heterocycles. The molecule has 0 unspecified atom stereocenters. The quantitative estimate of drug-likeness (QED) is 0.157. The molecule has 57 heavy (non-hydrogen) atoms. The molecule has 2 bridgehead atoms. The largest absolute Gasteiger partial charge is 0.494 e. The molecule has 2 saturated carbocycles. The van der Waals surface area contributed by atoms with E-state index in [1.54, 1.807) is 12.0 Å². The molecule has 5 aromatic rings. The average Bonchev–Trinajstić information content (AvgIpc) is 3.53. The monoisotopic (exact) mass is 773 g/mol. The molecule has 3 amide bonds. The van der Waals surface area contributed by atoms with Gasteiger partial charge < -0.3 is 38.5 Å². The van der Waals surface area contributed by atoms with Crippen LogP contribution in [0.2, 0.25) is 0 Å². The third-order valence-corrected chi connectivity index (χ3v) is 12.0. The van der Waals surface area contributed by atoms with Gasteiger partial charge in [0.05, 0.1) is 30.4 Å². The van der Waals surface area contributed by atoms with Gasteiger partial charge in [0.15, 0.2) is 5.82 Å². The zero-order valence-electron chi connectivity index (χ0n) is 33.1. The van der Waals surface area contributed by atoms with E-state index in [0.29, 0.717) is 48.9 Å². The number of fused-ring (bicyclic) bond motifs is 4. The van der Waals surface area contributed by atoms with Gasteiger partial charge in [-0.3, -0.25) is 4.79 Å². The number of aromatic nitrogens is 4. The van der Waals surface area contributed by atoms with Gasteiger partial charge in [-0.1, -0.05) is 30.3 Å². The molecule has 2 aliphatic carbocycles. The van der Waals surface area contributed by atoms with Crippen LogP contribution in [-0.2, 0) is 29.2 Å². The summed E-state index contributed by atoms with van der Waals surface area (Å²) in [5.41, 5.74) is 4.19. The zero-order chi connectivity index (χ0) is 39.4. The van der Waals surface area contributed by atoms with Gasteiger partial charge in [-0.05, 0) is 107 Å². The van der Waals surface area contributed by atoms with Crippen LogP contribution in [0.5, 0.6) is 5.75 Å². The molecule has 0 spiro atoms. The summed E-state index contributed by atoms with van der Waals surface area (Å²) in [4.78, 5) is 54.2. The van der Waals surface area contributed by atoms with Crippen LogP contribution < -0.4 is 10.1 Å². The highest BCUT2D eigenvalue weighted by atomic mass is 16.6. The fourth-order valence-corrected chi connectivity index (χ4v) is 9.17. The summed E-state index contributed by atoms with van der Waals surface area (Å²) in [5, 5.41) is 4.12. The van der Waals surface area contributed by atoms with E-state index in [9.17, 15) is 14.4 Å². The summed E-state index contributed by atoms with van der Waals surface area (Å²) >= 11 is 0. The Morgan fingerprint density at radius 3 is 2.47 bits per heavy atom. The zero-order valence-corrected chi connectivity index (χ0v) is 33.1. The molecule has 4 atom stereocenters. The first-order valence-electron chi connectivity index (χ1n) is 20.3. The van der Waals surface area contributed by atoms with Crippen LogP contribution >= 0.6 is 0 Å². The van der Waals surface area contributed by atoms with Crippen molar-refractivity contribution in [3.63, 3.8) is 0 Å². The first-order chi connectivity index (χ1) is 27.5. The molecule has 2 saturated heterocycles. The Morgan fingerprint density at radius 1 is 0.895 bits per heavy atom. The standard InChI is InChI=1S/C44H51N7O6/c1-44(2,3)57-42(53)47-37-31-14-15-34(37)50(25-31)41(52)32-19-33-38(36(21-32)55-4)51(24-29-16-18-48(22-29)43(54)56-26-28-9-6-5-7-10-28)40(46-33)35-20-30-11-8-17-45-39(30)49(35)23-27-12-13-27/h5-11,17,19-21,27,29,31,34,37H,12-16,18,22-26H2,1-4H3,(H,47,53)/t29-,31+,34+,37+/m0/s1. The number of imidazole rings is 1. The summed E-state index contributed by atoms with van der Waals surface area (Å²) in [6.45, 7) is 8.91. The van der Waals surface area contributed by atoms with Crippen LogP contribution in [0.25, 0.3) is 33.6 Å². The Morgan fingerprint density at radius 2 is 1.70 bits per heavy atom. The number of nitrogens with one attached hydrogen (secondary N) is 1. The number of piperidine rings is 1. The Hall–Kier alpha value is -5.59. The van der Waals surface area contributed by atoms with E-state index < -0.39 is 11.7 Å². The minimum atomic E-state index is -0.611. The number of rotatable bonds is 10. The Kier molecular flexibility index (Phi) is 9.56. The van der Waals surface area contributed by atoms with Crippen molar-refractivity contribution < 1.29 is 28.6 Å². The highest BCUT2D eigenvalue weighted by Crippen LogP contribution is 2.42. The van der Waals surface area contributed by atoms with Gasteiger partial charge in [0.25, 0.3) is 5.91 Å². The maximum atomic E-state index is 14.4. The summed E-state index contributed by atoms with van der Waals surface area (Å²) in [6, 6.07) is 19.4. The summed E-state index contributed by atoms with van der Waals surface area (Å²) in [7, 11) is 1.63. The van der Waals surface area contributed by atoms with Crippen molar-refractivity contribution in [2.24, 2.45) is 17.8 Å². The number of methoxy groups -OCH3 is 1. The van der Waals surface area contributed by atoms with Crippen molar-refractivity contribution in [2.75, 3.05) is 26.7 Å². The van der Waals surface area contributed by atoms with Crippen molar-refractivity contribution >= 4 is 40.2 Å². The highest BCUT2D eigenvalue weighted by Gasteiger charge is 2.50. The minimum absolute atomic E-state index is 0.109. The fourth-order valence-electron chi connectivity index (χ4n) is 9.17. The maximum Gasteiger partial charge on any atom is 0.410 e. The van der Waals surface area contributed by atoms with Crippen molar-refractivity contribution in [3.05, 3.63) is 78.0 Å². The van der Waals surface area contributed by atoms with Gasteiger partial charge >= 0.3 is 12.2 Å².